The second-order valence-electron chi connectivity index (χ2n) is 8.87. The lowest BCUT2D eigenvalue weighted by atomic mass is 9.99. The Kier molecular flexibility index (Phi) is 6.22. The van der Waals surface area contributed by atoms with E-state index in [0.717, 1.165) is 46.7 Å². The molecule has 1 fully saturated rings. The number of thiazole rings is 1. The molecule has 0 saturated carbocycles. The van der Waals surface area contributed by atoms with Crippen LogP contribution in [0.25, 0.3) is 22.0 Å². The third kappa shape index (κ3) is 4.50. The maximum absolute atomic E-state index is 12.8. The van der Waals surface area contributed by atoms with Crippen LogP contribution in [0.3, 0.4) is 0 Å². The highest BCUT2D eigenvalue weighted by Crippen LogP contribution is 2.39. The fourth-order valence-electron chi connectivity index (χ4n) is 4.17. The summed E-state index contributed by atoms with van der Waals surface area (Å²) in [6.07, 6.45) is 4.18. The van der Waals surface area contributed by atoms with Gasteiger partial charge in [-0.2, -0.15) is 0 Å². The van der Waals surface area contributed by atoms with Crippen LogP contribution in [0, 0.1) is 5.92 Å². The van der Waals surface area contributed by atoms with Gasteiger partial charge >= 0.3 is 6.03 Å². The Morgan fingerprint density at radius 2 is 2.03 bits per heavy atom. The third-order valence-corrected chi connectivity index (χ3v) is 7.43. The molecule has 1 aliphatic heterocycles. The minimum atomic E-state index is -0.202. The van der Waals surface area contributed by atoms with Crippen LogP contribution >= 0.6 is 22.9 Å². The van der Waals surface area contributed by atoms with Crippen molar-refractivity contribution >= 4 is 40.0 Å². The number of likely N-dealkylation sites (tertiary alicyclic amines) is 1. The Hall–Kier alpha value is -3.04. The van der Waals surface area contributed by atoms with Gasteiger partial charge in [-0.1, -0.05) is 48.9 Å². The van der Waals surface area contributed by atoms with Crippen LogP contribution in [0.15, 0.2) is 30.5 Å². The largest absolute Gasteiger partial charge is 0.351 e. The third-order valence-electron chi connectivity index (χ3n) is 6.08. The number of hydrogen-bond donors (Lipinski definition) is 2. The van der Waals surface area contributed by atoms with Crippen molar-refractivity contribution < 1.29 is 9.59 Å². The molecule has 176 valence electrons. The predicted molar refractivity (Wildman–Crippen MR) is 133 cm³/mol. The van der Waals surface area contributed by atoms with Crippen LogP contribution in [0.5, 0.6) is 0 Å². The van der Waals surface area contributed by atoms with Gasteiger partial charge in [0.25, 0.3) is 0 Å². The van der Waals surface area contributed by atoms with Crippen molar-refractivity contribution in [2.75, 3.05) is 18.4 Å². The number of anilines is 1. The molecule has 0 radical (unpaired) electrons. The highest BCUT2D eigenvalue weighted by molar-refractivity contribution is 7.19. The van der Waals surface area contributed by atoms with E-state index in [4.69, 9.17) is 16.6 Å². The number of benzene rings is 1. The van der Waals surface area contributed by atoms with Crippen molar-refractivity contribution in [1.82, 2.24) is 25.2 Å². The summed E-state index contributed by atoms with van der Waals surface area (Å²) in [5.74, 6) is 0.508. The first-order chi connectivity index (χ1) is 16.4. The summed E-state index contributed by atoms with van der Waals surface area (Å²) >= 11 is 7.78. The maximum Gasteiger partial charge on any atom is 0.323 e. The number of aryl methyl sites for hydroxylation is 2. The molecule has 1 atom stereocenters. The van der Waals surface area contributed by atoms with Gasteiger partial charge < -0.3 is 10.2 Å². The summed E-state index contributed by atoms with van der Waals surface area (Å²) in [5.41, 5.74) is 3.63. The van der Waals surface area contributed by atoms with Crippen molar-refractivity contribution in [1.29, 1.82) is 0 Å². The summed E-state index contributed by atoms with van der Waals surface area (Å²) in [4.78, 5) is 41.5. The first-order valence-electron chi connectivity index (χ1n) is 11.4. The molecule has 10 heteroatoms. The van der Waals surface area contributed by atoms with Crippen molar-refractivity contribution in [3.8, 4) is 22.0 Å². The number of urea groups is 1. The van der Waals surface area contributed by atoms with Crippen LogP contribution in [-0.4, -0.2) is 50.9 Å². The zero-order valence-corrected chi connectivity index (χ0v) is 20.5. The number of amides is 3. The van der Waals surface area contributed by atoms with Crippen LogP contribution in [0.1, 0.15) is 31.5 Å². The van der Waals surface area contributed by atoms with Gasteiger partial charge in [0.05, 0.1) is 21.3 Å². The highest BCUT2D eigenvalue weighted by Gasteiger charge is 2.29. The molecule has 0 spiro atoms. The molecule has 1 saturated heterocycles. The number of aromatic nitrogens is 3. The fourth-order valence-corrected chi connectivity index (χ4v) is 5.42. The lowest BCUT2D eigenvalue weighted by Crippen LogP contribution is -2.41. The quantitative estimate of drug-likeness (QED) is 0.557. The standard InChI is InChI=1S/C24H25ClN6O2S/c1-13(2)22(32)27-15-9-10-31(12-15)24(33)30-23-28-18-8-7-14-11-26-21(29-19(14)20(18)34-23)16-5-3-4-6-17(16)25/h3-6,11,13,15H,7-10,12H2,1-2H3,(H,27,32)(H,28,30,33). The fraction of sp³-hybridized carbons (Fsp3) is 0.375. The van der Waals surface area contributed by atoms with E-state index in [2.05, 4.69) is 20.6 Å². The summed E-state index contributed by atoms with van der Waals surface area (Å²) in [5, 5.41) is 7.10. The van der Waals surface area contributed by atoms with E-state index in [1.54, 1.807) is 4.90 Å². The second-order valence-corrected chi connectivity index (χ2v) is 10.3. The number of carbonyl (C=O) groups is 2. The Morgan fingerprint density at radius 1 is 1.21 bits per heavy atom. The molecule has 3 heterocycles. The summed E-state index contributed by atoms with van der Waals surface area (Å²) in [6.45, 7) is 4.81. The van der Waals surface area contributed by atoms with Crippen LogP contribution in [0.4, 0.5) is 9.93 Å². The Morgan fingerprint density at radius 3 is 2.82 bits per heavy atom. The summed E-state index contributed by atoms with van der Waals surface area (Å²) in [7, 11) is 0. The average molecular weight is 497 g/mol. The highest BCUT2D eigenvalue weighted by atomic mass is 35.5. The second kappa shape index (κ2) is 9.31. The number of nitrogens with zero attached hydrogens (tertiary/aromatic N) is 4. The molecule has 5 rings (SSSR count). The van der Waals surface area contributed by atoms with Gasteiger partial charge in [0, 0.05) is 36.8 Å². The van der Waals surface area contributed by atoms with Gasteiger partial charge in [-0.15, -0.1) is 0 Å². The van der Waals surface area contributed by atoms with Crippen LogP contribution in [-0.2, 0) is 17.6 Å². The molecule has 2 aliphatic rings. The summed E-state index contributed by atoms with van der Waals surface area (Å²) in [6, 6.07) is 7.29. The molecule has 2 aromatic heterocycles. The minimum Gasteiger partial charge on any atom is -0.351 e. The lowest BCUT2D eigenvalue weighted by molar-refractivity contribution is -0.124. The van der Waals surface area contributed by atoms with E-state index in [9.17, 15) is 9.59 Å². The van der Waals surface area contributed by atoms with E-state index in [1.165, 1.54) is 11.3 Å². The van der Waals surface area contributed by atoms with Crippen molar-refractivity contribution in [3.05, 3.63) is 46.7 Å². The number of hydrogen-bond acceptors (Lipinski definition) is 6. The smallest absolute Gasteiger partial charge is 0.323 e. The molecule has 34 heavy (non-hydrogen) atoms. The zero-order chi connectivity index (χ0) is 23.8. The minimum absolute atomic E-state index is 0.0108. The van der Waals surface area contributed by atoms with Crippen molar-refractivity contribution in [2.45, 2.75) is 39.2 Å². The van der Waals surface area contributed by atoms with Crippen LogP contribution < -0.4 is 10.6 Å². The van der Waals surface area contributed by atoms with Gasteiger partial charge in [-0.3, -0.25) is 10.1 Å². The Balaban J connectivity index is 1.32. The number of halogens is 1. The molecule has 1 aliphatic carbocycles. The Labute approximate surface area is 206 Å². The zero-order valence-electron chi connectivity index (χ0n) is 19.0. The molecule has 2 N–H and O–H groups in total. The number of carbonyl (C=O) groups excluding carboxylic acids is 2. The molecular formula is C24H25ClN6O2S. The molecule has 3 aromatic rings. The molecule has 8 nitrogen and oxygen atoms in total. The van der Waals surface area contributed by atoms with E-state index >= 15 is 0 Å². The van der Waals surface area contributed by atoms with Gasteiger partial charge in [0.1, 0.15) is 0 Å². The van der Waals surface area contributed by atoms with E-state index in [0.29, 0.717) is 29.1 Å². The number of nitrogens with one attached hydrogen (secondary N) is 2. The molecular weight excluding hydrogens is 472 g/mol. The lowest BCUT2D eigenvalue weighted by Gasteiger charge is -2.17. The van der Waals surface area contributed by atoms with E-state index in [1.807, 2.05) is 44.3 Å². The SMILES string of the molecule is CC(C)C(=O)NC1CCN(C(=O)Nc2nc3c(s2)-c2nc(-c4ccccc4Cl)ncc2CC3)C1. The first-order valence-corrected chi connectivity index (χ1v) is 12.6. The maximum atomic E-state index is 12.8. The van der Waals surface area contributed by atoms with E-state index < -0.39 is 0 Å². The molecule has 1 aromatic carbocycles. The van der Waals surface area contributed by atoms with E-state index in [-0.39, 0.29) is 23.9 Å². The van der Waals surface area contributed by atoms with Gasteiger partial charge in [-0.25, -0.2) is 19.7 Å². The van der Waals surface area contributed by atoms with Gasteiger partial charge in [-0.05, 0) is 37.0 Å². The topological polar surface area (TPSA) is 100 Å². The van der Waals surface area contributed by atoms with Crippen LogP contribution in [0.2, 0.25) is 5.02 Å². The monoisotopic (exact) mass is 496 g/mol. The molecule has 3 amide bonds. The van der Waals surface area contributed by atoms with Crippen molar-refractivity contribution in [2.24, 2.45) is 5.92 Å². The summed E-state index contributed by atoms with van der Waals surface area (Å²) < 4.78 is 0. The van der Waals surface area contributed by atoms with Gasteiger partial charge in [0.2, 0.25) is 5.91 Å². The molecule has 1 unspecified atom stereocenters. The molecule has 0 bridgehead atoms. The van der Waals surface area contributed by atoms with Gasteiger partial charge in [0.15, 0.2) is 11.0 Å². The average Bonchev–Trinajstić information content (AvgIpc) is 3.46. The van der Waals surface area contributed by atoms with Crippen molar-refractivity contribution in [3.63, 3.8) is 0 Å². The Bertz CT molecular complexity index is 1260. The predicted octanol–water partition coefficient (Wildman–Crippen LogP) is 4.40. The number of fused-ring (bicyclic) bond motifs is 3. The first kappa shape index (κ1) is 22.7. The number of rotatable bonds is 4. The normalized spacial score (nSPS) is 16.8.